The van der Waals surface area contributed by atoms with Crippen molar-refractivity contribution in [1.29, 1.82) is 0 Å². The van der Waals surface area contributed by atoms with Gasteiger partial charge in [-0.05, 0) is 38.3 Å². The quantitative estimate of drug-likeness (QED) is 0.867. The van der Waals surface area contributed by atoms with Crippen LogP contribution >= 0.6 is 11.6 Å². The molecule has 0 aromatic heterocycles. The van der Waals surface area contributed by atoms with Crippen LogP contribution in [0.2, 0.25) is 0 Å². The zero-order valence-electron chi connectivity index (χ0n) is 10.8. The molecule has 0 spiro atoms. The average molecular weight is 286 g/mol. The highest BCUT2D eigenvalue weighted by Crippen LogP contribution is 2.27. The van der Waals surface area contributed by atoms with Gasteiger partial charge in [-0.3, -0.25) is 4.79 Å². The fraction of sp³-hybridized carbons (Fsp3) is 0.500. The topological polar surface area (TPSA) is 40.5 Å². The van der Waals surface area contributed by atoms with Crippen LogP contribution in [0, 0.1) is 5.82 Å². The van der Waals surface area contributed by atoms with E-state index in [0.29, 0.717) is 6.54 Å². The standard InChI is InChI=1S/C14H17ClFNO2/c1-9(15)7-11-3-2-6-17(11)14(19)12-5-4-10(16)8-13(12)18/h4-5,8-9,11,18H,2-3,6-7H2,1H3. The summed E-state index contributed by atoms with van der Waals surface area (Å²) in [6, 6.07) is 3.57. The van der Waals surface area contributed by atoms with Gasteiger partial charge in [0.05, 0.1) is 5.56 Å². The molecule has 3 nitrogen and oxygen atoms in total. The summed E-state index contributed by atoms with van der Waals surface area (Å²) in [5.74, 6) is -1.12. The number of hydrogen-bond acceptors (Lipinski definition) is 2. The lowest BCUT2D eigenvalue weighted by Gasteiger charge is -2.25. The van der Waals surface area contributed by atoms with Crippen molar-refractivity contribution in [2.24, 2.45) is 0 Å². The summed E-state index contributed by atoms with van der Waals surface area (Å²) >= 11 is 5.99. The molecule has 1 heterocycles. The molecule has 1 aromatic rings. The first-order valence-electron chi connectivity index (χ1n) is 6.42. The maximum atomic E-state index is 12.9. The first kappa shape index (κ1) is 14.1. The number of hydrogen-bond donors (Lipinski definition) is 1. The second kappa shape index (κ2) is 5.78. The Kier molecular flexibility index (Phi) is 4.30. The summed E-state index contributed by atoms with van der Waals surface area (Å²) in [7, 11) is 0. The largest absolute Gasteiger partial charge is 0.507 e. The van der Waals surface area contributed by atoms with Gasteiger partial charge in [-0.15, -0.1) is 11.6 Å². The van der Waals surface area contributed by atoms with Gasteiger partial charge in [0.2, 0.25) is 0 Å². The fourth-order valence-corrected chi connectivity index (χ4v) is 2.77. The monoisotopic (exact) mass is 285 g/mol. The number of rotatable bonds is 3. The SMILES string of the molecule is CC(Cl)CC1CCCN1C(=O)c1ccc(F)cc1O. The average Bonchev–Trinajstić information content (AvgIpc) is 2.75. The summed E-state index contributed by atoms with van der Waals surface area (Å²) in [4.78, 5) is 14.1. The van der Waals surface area contributed by atoms with Gasteiger partial charge in [-0.1, -0.05) is 0 Å². The third kappa shape index (κ3) is 3.18. The van der Waals surface area contributed by atoms with Crippen LogP contribution in [0.4, 0.5) is 4.39 Å². The molecule has 2 atom stereocenters. The van der Waals surface area contributed by atoms with E-state index in [1.165, 1.54) is 12.1 Å². The van der Waals surface area contributed by atoms with E-state index in [-0.39, 0.29) is 28.6 Å². The van der Waals surface area contributed by atoms with Crippen molar-refractivity contribution < 1.29 is 14.3 Å². The van der Waals surface area contributed by atoms with E-state index in [1.54, 1.807) is 4.90 Å². The van der Waals surface area contributed by atoms with Gasteiger partial charge in [0.25, 0.3) is 5.91 Å². The Bertz CT molecular complexity index is 479. The van der Waals surface area contributed by atoms with Gasteiger partial charge >= 0.3 is 0 Å². The molecular formula is C14H17ClFNO2. The summed E-state index contributed by atoms with van der Waals surface area (Å²) in [5.41, 5.74) is 0.149. The van der Waals surface area contributed by atoms with Gasteiger partial charge in [0, 0.05) is 24.0 Å². The summed E-state index contributed by atoms with van der Waals surface area (Å²) in [6.07, 6.45) is 2.59. The lowest BCUT2D eigenvalue weighted by molar-refractivity contribution is 0.0727. The molecule has 5 heteroatoms. The van der Waals surface area contributed by atoms with Crippen LogP contribution in [0.1, 0.15) is 36.5 Å². The minimum absolute atomic E-state index is 0.000199. The molecule has 1 aliphatic heterocycles. The number of halogens is 2. The van der Waals surface area contributed by atoms with Gasteiger partial charge in [0.15, 0.2) is 0 Å². The maximum Gasteiger partial charge on any atom is 0.257 e. The van der Waals surface area contributed by atoms with E-state index in [1.807, 2.05) is 6.92 Å². The number of carbonyl (C=O) groups excluding carboxylic acids is 1. The number of nitrogens with zero attached hydrogens (tertiary/aromatic N) is 1. The van der Waals surface area contributed by atoms with Crippen molar-refractivity contribution in [3.8, 4) is 5.75 Å². The van der Waals surface area contributed by atoms with Crippen LogP contribution < -0.4 is 0 Å². The highest BCUT2D eigenvalue weighted by Gasteiger charge is 2.31. The number of amides is 1. The molecule has 1 amide bonds. The minimum Gasteiger partial charge on any atom is -0.507 e. The first-order chi connectivity index (χ1) is 8.99. The van der Waals surface area contributed by atoms with Crippen LogP contribution in [-0.2, 0) is 0 Å². The molecule has 0 radical (unpaired) electrons. The first-order valence-corrected chi connectivity index (χ1v) is 6.86. The van der Waals surface area contributed by atoms with Crippen LogP contribution in [-0.4, -0.2) is 33.9 Å². The number of carbonyl (C=O) groups is 1. The summed E-state index contributed by atoms with van der Waals surface area (Å²) < 4.78 is 12.9. The van der Waals surface area contributed by atoms with Crippen LogP contribution in [0.3, 0.4) is 0 Å². The maximum absolute atomic E-state index is 12.9. The van der Waals surface area contributed by atoms with Crippen molar-refractivity contribution in [2.45, 2.75) is 37.6 Å². The van der Waals surface area contributed by atoms with Crippen molar-refractivity contribution in [3.63, 3.8) is 0 Å². The Hall–Kier alpha value is -1.29. The van der Waals surface area contributed by atoms with E-state index in [9.17, 15) is 14.3 Å². The molecular weight excluding hydrogens is 269 g/mol. The van der Waals surface area contributed by atoms with Crippen molar-refractivity contribution >= 4 is 17.5 Å². The third-order valence-corrected chi connectivity index (χ3v) is 3.60. The minimum atomic E-state index is -0.554. The molecule has 0 bridgehead atoms. The molecule has 1 saturated heterocycles. The van der Waals surface area contributed by atoms with Gasteiger partial charge in [-0.25, -0.2) is 4.39 Å². The molecule has 0 aliphatic carbocycles. The Morgan fingerprint density at radius 2 is 2.37 bits per heavy atom. The van der Waals surface area contributed by atoms with Gasteiger partial charge in [-0.2, -0.15) is 0 Å². The van der Waals surface area contributed by atoms with E-state index in [2.05, 4.69) is 0 Å². The molecule has 104 valence electrons. The van der Waals surface area contributed by atoms with Crippen LogP contribution in [0.5, 0.6) is 5.75 Å². The fourth-order valence-electron chi connectivity index (χ4n) is 2.56. The Labute approximate surface area is 117 Å². The number of benzene rings is 1. The van der Waals surface area contributed by atoms with Crippen molar-refractivity contribution in [2.75, 3.05) is 6.54 Å². The number of alkyl halides is 1. The molecule has 1 aromatic carbocycles. The molecule has 1 fully saturated rings. The second-order valence-electron chi connectivity index (χ2n) is 4.97. The number of aromatic hydroxyl groups is 1. The van der Waals surface area contributed by atoms with E-state index < -0.39 is 5.82 Å². The lowest BCUT2D eigenvalue weighted by atomic mass is 10.1. The summed E-state index contributed by atoms with van der Waals surface area (Å²) in [5, 5.41) is 9.68. The number of phenols is 1. The number of likely N-dealkylation sites (tertiary alicyclic amines) is 1. The number of phenolic OH excluding ortho intramolecular Hbond substituents is 1. The van der Waals surface area contributed by atoms with Crippen molar-refractivity contribution in [1.82, 2.24) is 4.90 Å². The second-order valence-corrected chi connectivity index (χ2v) is 5.72. The highest BCUT2D eigenvalue weighted by molar-refractivity contribution is 6.20. The van der Waals surface area contributed by atoms with E-state index >= 15 is 0 Å². The molecule has 2 rings (SSSR count). The highest BCUT2D eigenvalue weighted by atomic mass is 35.5. The van der Waals surface area contributed by atoms with Gasteiger partial charge in [0.1, 0.15) is 11.6 Å². The molecule has 1 N–H and O–H groups in total. The zero-order chi connectivity index (χ0) is 14.0. The lowest BCUT2D eigenvalue weighted by Crippen LogP contribution is -2.36. The normalized spacial score (nSPS) is 20.6. The molecule has 0 saturated carbocycles. The predicted molar refractivity (Wildman–Crippen MR) is 72.1 cm³/mol. The Morgan fingerprint density at radius 3 is 3.00 bits per heavy atom. The van der Waals surface area contributed by atoms with Crippen molar-refractivity contribution in [3.05, 3.63) is 29.6 Å². The van der Waals surface area contributed by atoms with E-state index in [4.69, 9.17) is 11.6 Å². The Balaban J connectivity index is 2.18. The van der Waals surface area contributed by atoms with Crippen LogP contribution in [0.25, 0.3) is 0 Å². The smallest absolute Gasteiger partial charge is 0.257 e. The Morgan fingerprint density at radius 1 is 1.63 bits per heavy atom. The summed E-state index contributed by atoms with van der Waals surface area (Å²) in [6.45, 7) is 2.56. The molecule has 1 aliphatic rings. The third-order valence-electron chi connectivity index (χ3n) is 3.43. The van der Waals surface area contributed by atoms with Gasteiger partial charge < -0.3 is 10.0 Å². The predicted octanol–water partition coefficient (Wildman–Crippen LogP) is 3.15. The molecule has 19 heavy (non-hydrogen) atoms. The van der Waals surface area contributed by atoms with Crippen LogP contribution in [0.15, 0.2) is 18.2 Å². The molecule has 2 unspecified atom stereocenters. The van der Waals surface area contributed by atoms with E-state index in [0.717, 1.165) is 25.3 Å². The zero-order valence-corrected chi connectivity index (χ0v) is 11.5.